The highest BCUT2D eigenvalue weighted by atomic mass is 19.1. The number of aromatic nitrogens is 1. The lowest BCUT2D eigenvalue weighted by Gasteiger charge is -2.22. The van der Waals surface area contributed by atoms with Crippen molar-refractivity contribution >= 4 is 11.9 Å². The van der Waals surface area contributed by atoms with Gasteiger partial charge in [0.15, 0.2) is 5.54 Å². The van der Waals surface area contributed by atoms with Crippen LogP contribution >= 0.6 is 0 Å². The normalized spacial score (nSPS) is 21.6. The number of nitrogens with one attached hydrogen (secondary N) is 2. The molecular weight excluding hydrogens is 292 g/mol. The number of pyridine rings is 1. The number of carbonyl (C=O) groups excluding carboxylic acids is 2. The molecule has 1 aliphatic heterocycles. The Balaban J connectivity index is 2.16. The quantitative estimate of drug-likeness (QED) is 0.728. The summed E-state index contributed by atoms with van der Waals surface area (Å²) in [6.45, 7) is 1.72. The lowest BCUT2D eigenvalue weighted by atomic mass is 9.88. The number of aryl methyl sites for hydroxylation is 1. The van der Waals surface area contributed by atoms with Crippen molar-refractivity contribution in [2.45, 2.75) is 12.5 Å². The minimum atomic E-state index is -1.63. The number of imide groups is 1. The summed E-state index contributed by atoms with van der Waals surface area (Å²) in [5.41, 5.74) is -0.342. The summed E-state index contributed by atoms with van der Waals surface area (Å²) in [6.07, 6.45) is 0. The molecule has 5 nitrogen and oxygen atoms in total. The van der Waals surface area contributed by atoms with Crippen molar-refractivity contribution in [3.8, 4) is 11.3 Å². The molecule has 1 saturated heterocycles. The van der Waals surface area contributed by atoms with Crippen LogP contribution < -0.4 is 10.6 Å². The van der Waals surface area contributed by atoms with E-state index in [0.29, 0.717) is 11.3 Å². The van der Waals surface area contributed by atoms with E-state index in [9.17, 15) is 18.4 Å². The van der Waals surface area contributed by atoms with Crippen LogP contribution in [0.4, 0.5) is 13.6 Å². The molecule has 2 aromatic rings. The highest BCUT2D eigenvalue weighted by molar-refractivity contribution is 6.12. The smallest absolute Gasteiger partial charge is 0.316 e. The number of hydrogen-bond donors (Lipinski definition) is 2. The Kier molecular flexibility index (Phi) is 2.27. The molecule has 1 atom stereocenters. The third-order valence-electron chi connectivity index (χ3n) is 4.00. The molecule has 7 heteroatoms. The number of halogens is 2. The van der Waals surface area contributed by atoms with Gasteiger partial charge in [-0.05, 0) is 19.1 Å². The highest BCUT2D eigenvalue weighted by Gasteiger charge is 2.56. The fraction of sp³-hybridized carbons (Fsp3) is 0.133. The largest absolute Gasteiger partial charge is 0.322 e. The average molecular weight is 301 g/mol. The molecule has 0 bridgehead atoms. The predicted molar refractivity (Wildman–Crippen MR) is 71.8 cm³/mol. The van der Waals surface area contributed by atoms with Gasteiger partial charge in [-0.25, -0.2) is 13.6 Å². The van der Waals surface area contributed by atoms with Crippen LogP contribution in [0.2, 0.25) is 0 Å². The second-order valence-corrected chi connectivity index (χ2v) is 5.32. The van der Waals surface area contributed by atoms with E-state index >= 15 is 0 Å². The topological polar surface area (TPSA) is 71.1 Å². The highest BCUT2D eigenvalue weighted by Crippen LogP contribution is 2.49. The molecule has 1 aromatic carbocycles. The Labute approximate surface area is 123 Å². The molecule has 110 valence electrons. The van der Waals surface area contributed by atoms with Gasteiger partial charge in [0.25, 0.3) is 5.91 Å². The zero-order valence-corrected chi connectivity index (χ0v) is 11.3. The Morgan fingerprint density at radius 3 is 2.59 bits per heavy atom. The van der Waals surface area contributed by atoms with Crippen molar-refractivity contribution in [3.63, 3.8) is 0 Å². The van der Waals surface area contributed by atoms with Gasteiger partial charge < -0.3 is 5.32 Å². The second-order valence-electron chi connectivity index (χ2n) is 5.32. The predicted octanol–water partition coefficient (Wildman–Crippen LogP) is 1.73. The van der Waals surface area contributed by atoms with Gasteiger partial charge in [0.2, 0.25) is 0 Å². The first-order valence-corrected chi connectivity index (χ1v) is 6.55. The maximum Gasteiger partial charge on any atom is 0.322 e. The minimum Gasteiger partial charge on any atom is -0.316 e. The van der Waals surface area contributed by atoms with E-state index in [-0.39, 0.29) is 16.8 Å². The van der Waals surface area contributed by atoms with Gasteiger partial charge >= 0.3 is 6.03 Å². The fourth-order valence-corrected chi connectivity index (χ4v) is 3.14. The van der Waals surface area contributed by atoms with E-state index in [0.717, 1.165) is 12.1 Å². The molecule has 1 aliphatic carbocycles. The average Bonchev–Trinajstić information content (AvgIpc) is 2.86. The molecule has 22 heavy (non-hydrogen) atoms. The summed E-state index contributed by atoms with van der Waals surface area (Å²) in [4.78, 5) is 28.3. The SMILES string of the molecule is Cc1ccc2c(n1)-c1c(F)cc(F)cc1C21NC(=O)NC1=O. The van der Waals surface area contributed by atoms with Crippen molar-refractivity contribution in [2.24, 2.45) is 0 Å². The molecule has 2 aliphatic rings. The van der Waals surface area contributed by atoms with Crippen LogP contribution in [0.3, 0.4) is 0 Å². The van der Waals surface area contributed by atoms with Crippen molar-refractivity contribution in [2.75, 3.05) is 0 Å². The van der Waals surface area contributed by atoms with Crippen LogP contribution in [0.25, 0.3) is 11.3 Å². The fourth-order valence-electron chi connectivity index (χ4n) is 3.14. The van der Waals surface area contributed by atoms with Crippen molar-refractivity contribution in [1.29, 1.82) is 0 Å². The van der Waals surface area contributed by atoms with Crippen molar-refractivity contribution in [1.82, 2.24) is 15.6 Å². The number of amides is 3. The van der Waals surface area contributed by atoms with Crippen molar-refractivity contribution in [3.05, 3.63) is 52.7 Å². The van der Waals surface area contributed by atoms with E-state index in [2.05, 4.69) is 15.6 Å². The zero-order chi connectivity index (χ0) is 15.6. The van der Waals surface area contributed by atoms with E-state index in [1.165, 1.54) is 0 Å². The van der Waals surface area contributed by atoms with E-state index in [4.69, 9.17) is 0 Å². The standard InChI is InChI=1S/C15H9F2N3O2/c1-6-2-3-8-12(18-6)11-9(4-7(16)5-10(11)17)15(8)13(21)19-14(22)20-15/h2-5H,1H3,(H2,19,20,21,22). The summed E-state index contributed by atoms with van der Waals surface area (Å²) in [6, 6.07) is 4.33. The van der Waals surface area contributed by atoms with Gasteiger partial charge in [0.05, 0.1) is 5.69 Å². The van der Waals surface area contributed by atoms with E-state index in [1.54, 1.807) is 19.1 Å². The van der Waals surface area contributed by atoms with Crippen LogP contribution in [0, 0.1) is 18.6 Å². The monoisotopic (exact) mass is 301 g/mol. The molecule has 3 amide bonds. The van der Waals surface area contributed by atoms with Gasteiger partial charge in [0, 0.05) is 28.5 Å². The van der Waals surface area contributed by atoms with Crippen LogP contribution in [0.5, 0.6) is 0 Å². The lowest BCUT2D eigenvalue weighted by Crippen LogP contribution is -2.43. The summed E-state index contributed by atoms with van der Waals surface area (Å²) in [7, 11) is 0. The number of fused-ring (bicyclic) bond motifs is 5. The number of carbonyl (C=O) groups is 2. The maximum atomic E-state index is 14.3. The molecule has 2 N–H and O–H groups in total. The van der Waals surface area contributed by atoms with Gasteiger partial charge in [-0.1, -0.05) is 6.07 Å². The van der Waals surface area contributed by atoms with Gasteiger partial charge in [-0.15, -0.1) is 0 Å². The first-order valence-electron chi connectivity index (χ1n) is 6.55. The zero-order valence-electron chi connectivity index (χ0n) is 11.3. The van der Waals surface area contributed by atoms with Crippen molar-refractivity contribution < 1.29 is 18.4 Å². The molecule has 0 saturated carbocycles. The molecule has 1 aromatic heterocycles. The van der Waals surface area contributed by atoms with Crippen LogP contribution in [0.1, 0.15) is 16.8 Å². The summed E-state index contributed by atoms with van der Waals surface area (Å²) in [5.74, 6) is -2.32. The first kappa shape index (κ1) is 12.9. The molecule has 4 rings (SSSR count). The van der Waals surface area contributed by atoms with Crippen LogP contribution in [-0.4, -0.2) is 16.9 Å². The Morgan fingerprint density at radius 1 is 1.14 bits per heavy atom. The lowest BCUT2D eigenvalue weighted by molar-refractivity contribution is -0.122. The van der Waals surface area contributed by atoms with E-state index in [1.807, 2.05) is 0 Å². The number of urea groups is 1. The van der Waals surface area contributed by atoms with Gasteiger partial charge in [-0.2, -0.15) is 0 Å². The number of hydrogen-bond acceptors (Lipinski definition) is 3. The summed E-state index contributed by atoms with van der Waals surface area (Å²) in [5, 5.41) is 4.62. The molecule has 0 radical (unpaired) electrons. The Hall–Kier alpha value is -2.83. The van der Waals surface area contributed by atoms with Crippen LogP contribution in [0.15, 0.2) is 24.3 Å². The first-order chi connectivity index (χ1) is 10.4. The van der Waals surface area contributed by atoms with E-state index < -0.39 is 29.1 Å². The summed E-state index contributed by atoms with van der Waals surface area (Å²) >= 11 is 0. The van der Waals surface area contributed by atoms with Gasteiger partial charge in [0.1, 0.15) is 11.6 Å². The second kappa shape index (κ2) is 3.88. The van der Waals surface area contributed by atoms with Gasteiger partial charge in [-0.3, -0.25) is 15.1 Å². The number of benzene rings is 1. The third kappa shape index (κ3) is 1.37. The van der Waals surface area contributed by atoms with Crippen LogP contribution in [-0.2, 0) is 10.3 Å². The minimum absolute atomic E-state index is 0.0393. The molecule has 1 spiro atoms. The third-order valence-corrected chi connectivity index (χ3v) is 4.00. The Morgan fingerprint density at radius 2 is 1.91 bits per heavy atom. The molecular formula is C15H9F2N3O2. The Bertz CT molecular complexity index is 881. The maximum absolute atomic E-state index is 14.3. The number of nitrogens with zero attached hydrogens (tertiary/aromatic N) is 1. The molecule has 1 fully saturated rings. The summed E-state index contributed by atoms with van der Waals surface area (Å²) < 4.78 is 28.0. The molecule has 2 heterocycles. The number of rotatable bonds is 0. The molecule has 1 unspecified atom stereocenters.